The Hall–Kier alpha value is -1.88. The molecule has 1 aliphatic rings. The number of nitrogens with zero attached hydrogens (tertiary/aromatic N) is 2. The first-order chi connectivity index (χ1) is 11.1. The van der Waals surface area contributed by atoms with E-state index in [1.807, 2.05) is 6.92 Å². The lowest BCUT2D eigenvalue weighted by atomic mass is 10.2. The Labute approximate surface area is 136 Å². The molecule has 0 bridgehead atoms. The average molecular weight is 368 g/mol. The number of anilines is 1. The Morgan fingerprint density at radius 2 is 2.08 bits per heavy atom. The number of hydrogen-bond donors (Lipinski definition) is 0. The molecule has 0 aromatic heterocycles. The largest absolute Gasteiger partial charge is 0.501 e. The molecule has 134 valence electrons. The van der Waals surface area contributed by atoms with Gasteiger partial charge in [0.15, 0.2) is 0 Å². The summed E-state index contributed by atoms with van der Waals surface area (Å²) in [6.45, 7) is 2.85. The zero-order valence-electron chi connectivity index (χ0n) is 12.6. The van der Waals surface area contributed by atoms with Crippen LogP contribution in [0.1, 0.15) is 13.3 Å². The monoisotopic (exact) mass is 368 g/mol. The van der Waals surface area contributed by atoms with Crippen molar-refractivity contribution in [2.75, 3.05) is 24.6 Å². The maximum atomic E-state index is 12.6. The molecule has 0 unspecified atom stereocenters. The fraction of sp³-hybridized carbons (Fsp3) is 0.538. The molecule has 1 aromatic carbocycles. The number of benzene rings is 1. The van der Waals surface area contributed by atoms with Crippen molar-refractivity contribution >= 4 is 21.2 Å². The van der Waals surface area contributed by atoms with E-state index < -0.39 is 30.9 Å². The number of morpholine rings is 1. The molecule has 0 aliphatic carbocycles. The van der Waals surface area contributed by atoms with Gasteiger partial charge in [-0.25, -0.2) is 8.42 Å². The lowest BCUT2D eigenvalue weighted by molar-refractivity contribution is -0.384. The van der Waals surface area contributed by atoms with E-state index >= 15 is 0 Å². The molecule has 24 heavy (non-hydrogen) atoms. The lowest BCUT2D eigenvalue weighted by Crippen LogP contribution is -2.42. The van der Waals surface area contributed by atoms with Gasteiger partial charge in [0.25, 0.3) is 15.5 Å². The number of hydrogen-bond acceptors (Lipinski definition) is 6. The van der Waals surface area contributed by atoms with Crippen molar-refractivity contribution < 1.29 is 31.2 Å². The molecular weight excluding hydrogens is 353 g/mol. The summed E-state index contributed by atoms with van der Waals surface area (Å²) >= 11 is 0. The molecule has 1 aliphatic heterocycles. The number of sulfone groups is 1. The van der Waals surface area contributed by atoms with Crippen LogP contribution in [-0.2, 0) is 14.6 Å². The zero-order valence-corrected chi connectivity index (χ0v) is 13.4. The summed E-state index contributed by atoms with van der Waals surface area (Å²) in [5.74, 6) is 0. The van der Waals surface area contributed by atoms with Crippen molar-refractivity contribution in [2.45, 2.75) is 29.9 Å². The first kappa shape index (κ1) is 18.5. The second-order valence-corrected chi connectivity index (χ2v) is 7.15. The van der Waals surface area contributed by atoms with Gasteiger partial charge in [0.1, 0.15) is 5.69 Å². The summed E-state index contributed by atoms with van der Waals surface area (Å²) in [6.07, 6.45) is 0.516. The summed E-state index contributed by atoms with van der Waals surface area (Å²) in [5, 5.41) is 11.2. The van der Waals surface area contributed by atoms with Crippen molar-refractivity contribution in [2.24, 2.45) is 0 Å². The van der Waals surface area contributed by atoms with Crippen molar-refractivity contribution in [1.29, 1.82) is 0 Å². The van der Waals surface area contributed by atoms with Crippen molar-refractivity contribution in [1.82, 2.24) is 0 Å². The van der Waals surface area contributed by atoms with Gasteiger partial charge >= 0.3 is 5.51 Å². The maximum Gasteiger partial charge on any atom is 0.501 e. The Kier molecular flexibility index (Phi) is 5.04. The van der Waals surface area contributed by atoms with Gasteiger partial charge in [0, 0.05) is 19.2 Å². The molecule has 0 spiro atoms. The van der Waals surface area contributed by atoms with Crippen molar-refractivity contribution in [3.05, 3.63) is 28.3 Å². The highest BCUT2D eigenvalue weighted by Crippen LogP contribution is 2.36. The summed E-state index contributed by atoms with van der Waals surface area (Å²) in [4.78, 5) is 10.8. The number of nitro benzene ring substituents is 1. The van der Waals surface area contributed by atoms with Crippen molar-refractivity contribution in [3.8, 4) is 0 Å². The molecule has 1 saturated heterocycles. The van der Waals surface area contributed by atoms with Crippen LogP contribution in [0.5, 0.6) is 0 Å². The molecule has 2 rings (SSSR count). The zero-order chi connectivity index (χ0) is 18.1. The van der Waals surface area contributed by atoms with Crippen LogP contribution in [0.15, 0.2) is 23.1 Å². The number of rotatable bonds is 4. The Morgan fingerprint density at radius 3 is 2.62 bits per heavy atom. The normalized spacial score (nSPS) is 19.3. The number of nitro groups is 1. The van der Waals surface area contributed by atoms with E-state index in [0.29, 0.717) is 32.2 Å². The van der Waals surface area contributed by atoms with Gasteiger partial charge in [-0.05, 0) is 18.6 Å². The van der Waals surface area contributed by atoms with E-state index in [2.05, 4.69) is 0 Å². The van der Waals surface area contributed by atoms with Crippen LogP contribution in [0, 0.1) is 10.1 Å². The Balaban J connectivity index is 2.47. The molecular formula is C13H15F3N2O5S. The average Bonchev–Trinajstić information content (AvgIpc) is 2.53. The molecule has 0 N–H and O–H groups in total. The van der Waals surface area contributed by atoms with Crippen LogP contribution >= 0.6 is 0 Å². The van der Waals surface area contributed by atoms with E-state index in [9.17, 15) is 31.7 Å². The first-order valence-corrected chi connectivity index (χ1v) is 8.52. The highest BCUT2D eigenvalue weighted by Gasteiger charge is 2.47. The number of ether oxygens (including phenoxy) is 1. The lowest BCUT2D eigenvalue weighted by Gasteiger charge is -2.33. The third kappa shape index (κ3) is 3.46. The molecule has 0 saturated carbocycles. The summed E-state index contributed by atoms with van der Waals surface area (Å²) < 4.78 is 66.2. The van der Waals surface area contributed by atoms with E-state index in [0.717, 1.165) is 12.1 Å². The topological polar surface area (TPSA) is 89.8 Å². The number of alkyl halides is 3. The molecule has 1 atom stereocenters. The highest BCUT2D eigenvalue weighted by molar-refractivity contribution is 7.92. The SMILES string of the molecule is CC[C@H]1CN(c2ccc(S(=O)(=O)C(F)(F)F)cc2[N+](=O)[O-])CCO1. The molecule has 7 nitrogen and oxygen atoms in total. The summed E-state index contributed by atoms with van der Waals surface area (Å²) in [7, 11) is -5.64. The van der Waals surface area contributed by atoms with Gasteiger partial charge in [-0.1, -0.05) is 6.92 Å². The second-order valence-electron chi connectivity index (χ2n) is 5.20. The standard InChI is InChI=1S/C13H15F3N2O5S/c1-2-9-8-17(5-6-23-9)11-4-3-10(7-12(11)18(19)20)24(21,22)13(14,15)16/h3-4,7,9H,2,5-6,8H2,1H3/t9-/m0/s1. The van der Waals surface area contributed by atoms with Crippen LogP contribution in [0.3, 0.4) is 0 Å². The predicted octanol–water partition coefficient (Wildman–Crippen LogP) is 2.50. The van der Waals surface area contributed by atoms with Crippen LogP contribution in [0.25, 0.3) is 0 Å². The van der Waals surface area contributed by atoms with Gasteiger partial charge in [0.05, 0.1) is 22.5 Å². The van der Waals surface area contributed by atoms with Crippen molar-refractivity contribution in [3.63, 3.8) is 0 Å². The third-order valence-electron chi connectivity index (χ3n) is 3.69. The molecule has 1 heterocycles. The molecule has 1 aromatic rings. The fourth-order valence-corrected chi connectivity index (χ4v) is 3.18. The van der Waals surface area contributed by atoms with E-state index in [4.69, 9.17) is 4.74 Å². The van der Waals surface area contributed by atoms with Crippen LogP contribution in [0.2, 0.25) is 0 Å². The summed E-state index contributed by atoms with van der Waals surface area (Å²) in [5.41, 5.74) is -6.13. The minimum absolute atomic E-state index is 0.0721. The Morgan fingerprint density at radius 1 is 1.42 bits per heavy atom. The minimum Gasteiger partial charge on any atom is -0.375 e. The highest BCUT2D eigenvalue weighted by atomic mass is 32.2. The maximum absolute atomic E-state index is 12.6. The van der Waals surface area contributed by atoms with Gasteiger partial charge in [-0.15, -0.1) is 0 Å². The second kappa shape index (κ2) is 6.55. The smallest absolute Gasteiger partial charge is 0.375 e. The Bertz CT molecular complexity index is 736. The quantitative estimate of drug-likeness (QED) is 0.599. The molecule has 0 amide bonds. The van der Waals surface area contributed by atoms with E-state index in [-0.39, 0.29) is 11.8 Å². The summed E-state index contributed by atoms with van der Waals surface area (Å²) in [6, 6.07) is 2.23. The molecule has 0 radical (unpaired) electrons. The van der Waals surface area contributed by atoms with Crippen LogP contribution < -0.4 is 4.90 Å². The predicted molar refractivity (Wildman–Crippen MR) is 78.6 cm³/mol. The number of halogens is 3. The van der Waals surface area contributed by atoms with E-state index in [1.54, 1.807) is 4.90 Å². The van der Waals surface area contributed by atoms with Gasteiger partial charge in [0.2, 0.25) is 0 Å². The van der Waals surface area contributed by atoms with Gasteiger partial charge in [-0.3, -0.25) is 10.1 Å². The fourth-order valence-electron chi connectivity index (χ4n) is 2.40. The van der Waals surface area contributed by atoms with Crippen LogP contribution in [-0.4, -0.2) is 44.6 Å². The third-order valence-corrected chi connectivity index (χ3v) is 5.18. The first-order valence-electron chi connectivity index (χ1n) is 7.04. The minimum atomic E-state index is -5.64. The molecule has 11 heteroatoms. The van der Waals surface area contributed by atoms with Gasteiger partial charge in [-0.2, -0.15) is 13.2 Å². The van der Waals surface area contributed by atoms with Gasteiger partial charge < -0.3 is 9.64 Å². The van der Waals surface area contributed by atoms with E-state index in [1.165, 1.54) is 0 Å². The molecule has 1 fully saturated rings. The van der Waals surface area contributed by atoms with Crippen LogP contribution in [0.4, 0.5) is 24.5 Å².